The Kier molecular flexibility index (Phi) is 5.05. The summed E-state index contributed by atoms with van der Waals surface area (Å²) in [7, 11) is 0. The fraction of sp³-hybridized carbons (Fsp3) is 0.545. The molecular formula is C11H18Cl2N2O. The fourth-order valence-corrected chi connectivity index (χ4v) is 1.64. The molecule has 1 saturated carbocycles. The van der Waals surface area contributed by atoms with Crippen LogP contribution in [0.1, 0.15) is 20.3 Å². The van der Waals surface area contributed by atoms with E-state index in [4.69, 9.17) is 10.5 Å². The molecule has 2 N–H and O–H groups in total. The van der Waals surface area contributed by atoms with E-state index < -0.39 is 0 Å². The van der Waals surface area contributed by atoms with Crippen molar-refractivity contribution in [3.63, 3.8) is 0 Å². The second-order valence-electron chi connectivity index (χ2n) is 4.69. The van der Waals surface area contributed by atoms with E-state index in [-0.39, 0.29) is 35.8 Å². The molecule has 1 aliphatic rings. The minimum atomic E-state index is -0.150. The zero-order valence-electron chi connectivity index (χ0n) is 9.47. The van der Waals surface area contributed by atoms with E-state index in [0.29, 0.717) is 6.61 Å². The lowest BCUT2D eigenvalue weighted by atomic mass is 10.1. The maximum absolute atomic E-state index is 6.13. The van der Waals surface area contributed by atoms with Crippen LogP contribution in [0.3, 0.4) is 0 Å². The molecule has 0 aliphatic heterocycles. The molecule has 0 spiro atoms. The molecule has 3 nitrogen and oxygen atoms in total. The maximum atomic E-state index is 6.13. The smallest absolute Gasteiger partial charge is 0.137 e. The first kappa shape index (κ1) is 15.5. The third-order valence-electron chi connectivity index (χ3n) is 3.11. The Labute approximate surface area is 109 Å². The van der Waals surface area contributed by atoms with E-state index in [1.54, 1.807) is 12.4 Å². The highest BCUT2D eigenvalue weighted by Crippen LogP contribution is 2.53. The molecule has 0 aromatic carbocycles. The van der Waals surface area contributed by atoms with E-state index in [0.717, 1.165) is 12.2 Å². The molecule has 0 amide bonds. The van der Waals surface area contributed by atoms with Crippen molar-refractivity contribution in [2.75, 3.05) is 6.61 Å². The van der Waals surface area contributed by atoms with Gasteiger partial charge in [0.25, 0.3) is 0 Å². The zero-order valence-corrected chi connectivity index (χ0v) is 11.1. The van der Waals surface area contributed by atoms with Gasteiger partial charge in [0.15, 0.2) is 0 Å². The second-order valence-corrected chi connectivity index (χ2v) is 4.69. The predicted molar refractivity (Wildman–Crippen MR) is 69.5 cm³/mol. The van der Waals surface area contributed by atoms with Crippen LogP contribution in [0.4, 0.5) is 0 Å². The number of aromatic nitrogens is 1. The molecule has 16 heavy (non-hydrogen) atoms. The minimum Gasteiger partial charge on any atom is -0.490 e. The van der Waals surface area contributed by atoms with Gasteiger partial charge in [0, 0.05) is 6.20 Å². The van der Waals surface area contributed by atoms with Crippen LogP contribution in [-0.2, 0) is 0 Å². The Hall–Kier alpha value is -0.510. The number of hydrogen-bond donors (Lipinski definition) is 1. The van der Waals surface area contributed by atoms with Gasteiger partial charge in [-0.2, -0.15) is 0 Å². The number of hydrogen-bond acceptors (Lipinski definition) is 3. The van der Waals surface area contributed by atoms with Gasteiger partial charge in [0.05, 0.1) is 11.7 Å². The van der Waals surface area contributed by atoms with Gasteiger partial charge in [-0.25, -0.2) is 0 Å². The first-order valence-electron chi connectivity index (χ1n) is 4.85. The Morgan fingerprint density at radius 3 is 2.50 bits per heavy atom. The number of pyridine rings is 1. The highest BCUT2D eigenvalue weighted by Gasteiger charge is 2.59. The summed E-state index contributed by atoms with van der Waals surface area (Å²) in [6.07, 6.45) is 4.46. The Morgan fingerprint density at radius 1 is 1.44 bits per heavy atom. The van der Waals surface area contributed by atoms with E-state index in [2.05, 4.69) is 18.8 Å². The summed E-state index contributed by atoms with van der Waals surface area (Å²) < 4.78 is 5.58. The Bertz CT molecular complexity index is 332. The molecular weight excluding hydrogens is 247 g/mol. The van der Waals surface area contributed by atoms with Gasteiger partial charge in [0.2, 0.25) is 0 Å². The predicted octanol–water partition coefficient (Wildman–Crippen LogP) is 2.43. The van der Waals surface area contributed by atoms with Crippen LogP contribution in [0.25, 0.3) is 0 Å². The standard InChI is InChI=1S/C11H16N2O.2ClH/c1-10(2)7-11(10,12)8-14-9-4-3-5-13-6-9;;/h3-6H,7-8,12H2,1-2H3;2*1H. The van der Waals surface area contributed by atoms with Crippen molar-refractivity contribution in [2.24, 2.45) is 11.1 Å². The molecule has 1 aromatic rings. The van der Waals surface area contributed by atoms with Crippen molar-refractivity contribution in [1.82, 2.24) is 4.98 Å². The van der Waals surface area contributed by atoms with E-state index in [1.165, 1.54) is 0 Å². The average molecular weight is 265 g/mol. The lowest BCUT2D eigenvalue weighted by Gasteiger charge is -2.15. The maximum Gasteiger partial charge on any atom is 0.137 e. The van der Waals surface area contributed by atoms with Crippen molar-refractivity contribution in [3.8, 4) is 5.75 Å². The highest BCUT2D eigenvalue weighted by molar-refractivity contribution is 5.85. The molecule has 0 radical (unpaired) electrons. The summed E-state index contributed by atoms with van der Waals surface area (Å²) in [4.78, 5) is 3.98. The van der Waals surface area contributed by atoms with Gasteiger partial charge >= 0.3 is 0 Å². The number of halogens is 2. The number of ether oxygens (including phenoxy) is 1. The Morgan fingerprint density at radius 2 is 2.06 bits per heavy atom. The van der Waals surface area contributed by atoms with Crippen LogP contribution >= 0.6 is 24.8 Å². The summed E-state index contributed by atoms with van der Waals surface area (Å²) in [6.45, 7) is 4.91. The third-order valence-corrected chi connectivity index (χ3v) is 3.11. The lowest BCUT2D eigenvalue weighted by Crippen LogP contribution is -2.35. The number of rotatable bonds is 3. The summed E-state index contributed by atoms with van der Waals surface area (Å²) in [5, 5.41) is 0. The molecule has 1 aromatic heterocycles. The van der Waals surface area contributed by atoms with Crippen LogP contribution < -0.4 is 10.5 Å². The van der Waals surface area contributed by atoms with Crippen molar-refractivity contribution < 1.29 is 4.74 Å². The average Bonchev–Trinajstić information content (AvgIpc) is 2.65. The topological polar surface area (TPSA) is 48.1 Å². The van der Waals surface area contributed by atoms with Crippen LogP contribution in [0.2, 0.25) is 0 Å². The summed E-state index contributed by atoms with van der Waals surface area (Å²) in [5.41, 5.74) is 6.19. The molecule has 1 heterocycles. The van der Waals surface area contributed by atoms with Crippen LogP contribution in [0.15, 0.2) is 24.5 Å². The minimum absolute atomic E-state index is 0. The molecule has 1 fully saturated rings. The quantitative estimate of drug-likeness (QED) is 0.913. The van der Waals surface area contributed by atoms with Crippen LogP contribution in [-0.4, -0.2) is 17.1 Å². The van der Waals surface area contributed by atoms with Crippen molar-refractivity contribution in [2.45, 2.75) is 25.8 Å². The summed E-state index contributed by atoms with van der Waals surface area (Å²) >= 11 is 0. The largest absolute Gasteiger partial charge is 0.490 e. The molecule has 0 bridgehead atoms. The molecule has 1 atom stereocenters. The first-order chi connectivity index (χ1) is 6.54. The van der Waals surface area contributed by atoms with Gasteiger partial charge in [-0.05, 0) is 24.0 Å². The second kappa shape index (κ2) is 5.21. The third kappa shape index (κ3) is 3.00. The van der Waals surface area contributed by atoms with Crippen molar-refractivity contribution >= 4 is 24.8 Å². The monoisotopic (exact) mass is 264 g/mol. The molecule has 1 unspecified atom stereocenters. The summed E-state index contributed by atoms with van der Waals surface area (Å²) in [6, 6.07) is 3.75. The van der Waals surface area contributed by atoms with Gasteiger partial charge in [-0.3, -0.25) is 4.98 Å². The van der Waals surface area contributed by atoms with E-state index >= 15 is 0 Å². The van der Waals surface area contributed by atoms with Crippen molar-refractivity contribution in [3.05, 3.63) is 24.5 Å². The molecule has 2 rings (SSSR count). The van der Waals surface area contributed by atoms with Crippen LogP contribution in [0.5, 0.6) is 5.75 Å². The van der Waals surface area contributed by atoms with Gasteiger partial charge in [0.1, 0.15) is 12.4 Å². The van der Waals surface area contributed by atoms with E-state index in [1.807, 2.05) is 12.1 Å². The normalized spacial score (nSPS) is 24.9. The van der Waals surface area contributed by atoms with Gasteiger partial charge < -0.3 is 10.5 Å². The highest BCUT2D eigenvalue weighted by atomic mass is 35.5. The molecule has 92 valence electrons. The Balaban J connectivity index is 0.00000112. The molecule has 0 saturated heterocycles. The number of nitrogens with zero attached hydrogens (tertiary/aromatic N) is 1. The first-order valence-corrected chi connectivity index (χ1v) is 4.85. The number of nitrogens with two attached hydrogens (primary N) is 1. The zero-order chi connectivity index (χ0) is 10.2. The fourth-order valence-electron chi connectivity index (χ4n) is 1.64. The van der Waals surface area contributed by atoms with Gasteiger partial charge in [-0.15, -0.1) is 24.8 Å². The van der Waals surface area contributed by atoms with Crippen LogP contribution in [0, 0.1) is 5.41 Å². The van der Waals surface area contributed by atoms with Gasteiger partial charge in [-0.1, -0.05) is 13.8 Å². The molecule has 1 aliphatic carbocycles. The molecule has 5 heteroatoms. The van der Waals surface area contributed by atoms with E-state index in [9.17, 15) is 0 Å². The SMILES string of the molecule is CC1(C)CC1(N)COc1cccnc1.Cl.Cl. The van der Waals surface area contributed by atoms with Crippen molar-refractivity contribution in [1.29, 1.82) is 0 Å². The lowest BCUT2D eigenvalue weighted by molar-refractivity contribution is 0.254. The summed E-state index contributed by atoms with van der Waals surface area (Å²) in [5.74, 6) is 0.792.